The summed E-state index contributed by atoms with van der Waals surface area (Å²) < 4.78 is 5.35. The number of ether oxygens (including phenoxy) is 1. The van der Waals surface area contributed by atoms with Crippen molar-refractivity contribution in [1.29, 1.82) is 0 Å². The third-order valence-electron chi connectivity index (χ3n) is 5.60. The maximum Gasteiger partial charge on any atom is 0.270 e. The second-order valence-corrected chi connectivity index (χ2v) is 7.52. The normalized spacial score (nSPS) is 17.0. The maximum atomic E-state index is 12.7. The van der Waals surface area contributed by atoms with Gasteiger partial charge in [0.15, 0.2) is 0 Å². The minimum atomic E-state index is -0.168. The molecule has 2 aliphatic heterocycles. The van der Waals surface area contributed by atoms with E-state index >= 15 is 0 Å². The van der Waals surface area contributed by atoms with Crippen molar-refractivity contribution in [2.75, 3.05) is 19.8 Å². The number of para-hydroxylation sites is 1. The van der Waals surface area contributed by atoms with Gasteiger partial charge in [0.05, 0.1) is 11.1 Å². The van der Waals surface area contributed by atoms with Gasteiger partial charge in [-0.1, -0.05) is 24.3 Å². The summed E-state index contributed by atoms with van der Waals surface area (Å²) in [5.41, 5.74) is 4.47. The highest BCUT2D eigenvalue weighted by atomic mass is 16.5. The van der Waals surface area contributed by atoms with E-state index in [1.54, 1.807) is 6.07 Å². The number of rotatable bonds is 3. The number of hydrogen-bond acceptors (Lipinski definition) is 4. The second-order valence-electron chi connectivity index (χ2n) is 7.52. The van der Waals surface area contributed by atoms with Gasteiger partial charge in [0, 0.05) is 54.6 Å². The Morgan fingerprint density at radius 3 is 2.83 bits per heavy atom. The van der Waals surface area contributed by atoms with E-state index in [-0.39, 0.29) is 17.9 Å². The lowest BCUT2D eigenvalue weighted by Gasteiger charge is -2.22. The number of nitrogens with one attached hydrogen (secondary N) is 3. The van der Waals surface area contributed by atoms with Crippen LogP contribution in [0.15, 0.2) is 36.4 Å². The van der Waals surface area contributed by atoms with E-state index in [2.05, 4.69) is 20.6 Å². The molecule has 0 bridgehead atoms. The van der Waals surface area contributed by atoms with Crippen LogP contribution < -0.4 is 10.6 Å². The summed E-state index contributed by atoms with van der Waals surface area (Å²) in [5.74, 6) is -0.225. The summed E-state index contributed by atoms with van der Waals surface area (Å²) in [7, 11) is 0. The zero-order valence-electron chi connectivity index (χ0n) is 16.0. The lowest BCUT2D eigenvalue weighted by molar-refractivity contribution is 0.0694. The Morgan fingerprint density at radius 1 is 1.14 bits per heavy atom. The zero-order chi connectivity index (χ0) is 19.8. The number of amides is 2. The highest BCUT2D eigenvalue weighted by molar-refractivity contribution is 6.01. The van der Waals surface area contributed by atoms with E-state index in [4.69, 9.17) is 4.74 Å². The van der Waals surface area contributed by atoms with Gasteiger partial charge < -0.3 is 20.4 Å². The number of benzene rings is 1. The van der Waals surface area contributed by atoms with Crippen LogP contribution >= 0.6 is 0 Å². The smallest absolute Gasteiger partial charge is 0.270 e. The van der Waals surface area contributed by atoms with Gasteiger partial charge in [-0.15, -0.1) is 0 Å². The molecular weight excluding hydrogens is 368 g/mol. The van der Waals surface area contributed by atoms with Crippen molar-refractivity contribution in [3.63, 3.8) is 0 Å². The number of fused-ring (bicyclic) bond motifs is 2. The van der Waals surface area contributed by atoms with Crippen LogP contribution in [0.4, 0.5) is 0 Å². The van der Waals surface area contributed by atoms with E-state index < -0.39 is 0 Å². The van der Waals surface area contributed by atoms with E-state index in [0.717, 1.165) is 47.1 Å². The second kappa shape index (κ2) is 7.33. The van der Waals surface area contributed by atoms with Crippen LogP contribution in [0.3, 0.4) is 0 Å². The Kier molecular flexibility index (Phi) is 4.52. The molecule has 5 rings (SSSR count). The van der Waals surface area contributed by atoms with Crippen molar-refractivity contribution >= 4 is 22.7 Å². The third kappa shape index (κ3) is 3.38. The molecule has 1 fully saturated rings. The summed E-state index contributed by atoms with van der Waals surface area (Å²) in [5, 5.41) is 6.88. The van der Waals surface area contributed by atoms with E-state index in [1.165, 1.54) is 0 Å². The fraction of sp³-hybridized carbons (Fsp3) is 0.318. The zero-order valence-corrected chi connectivity index (χ0v) is 16.0. The molecule has 0 saturated carbocycles. The Morgan fingerprint density at radius 2 is 2.00 bits per heavy atom. The standard InChI is InChI=1S/C22H22N4O3/c27-21-16-12-19(25-17(16)6-9-23-21)15-3-1-2-13-4-5-18(26-20(13)15)22(28)24-14-7-10-29-11-8-14/h1-5,12,14,25H,6-11H2,(H,23,27)(H,24,28). The molecule has 1 saturated heterocycles. The Balaban J connectivity index is 1.51. The van der Waals surface area contributed by atoms with Crippen LogP contribution in [0.1, 0.15) is 39.4 Å². The predicted octanol–water partition coefficient (Wildman–Crippen LogP) is 2.42. The number of H-pyrrole nitrogens is 1. The molecule has 29 heavy (non-hydrogen) atoms. The first-order chi connectivity index (χ1) is 14.2. The Labute approximate surface area is 167 Å². The molecule has 0 spiro atoms. The number of hydrogen-bond donors (Lipinski definition) is 3. The van der Waals surface area contributed by atoms with Gasteiger partial charge in [0.25, 0.3) is 11.8 Å². The minimum absolute atomic E-state index is 0.0570. The predicted molar refractivity (Wildman–Crippen MR) is 109 cm³/mol. The van der Waals surface area contributed by atoms with Crippen LogP contribution in [0.2, 0.25) is 0 Å². The molecule has 7 nitrogen and oxygen atoms in total. The van der Waals surface area contributed by atoms with Gasteiger partial charge in [0.2, 0.25) is 0 Å². The molecule has 3 N–H and O–H groups in total. The number of carbonyl (C=O) groups is 2. The lowest BCUT2D eigenvalue weighted by atomic mass is 10.0. The summed E-state index contributed by atoms with van der Waals surface area (Å²) >= 11 is 0. The highest BCUT2D eigenvalue weighted by Crippen LogP contribution is 2.29. The van der Waals surface area contributed by atoms with Crippen molar-refractivity contribution in [2.45, 2.75) is 25.3 Å². The van der Waals surface area contributed by atoms with Crippen LogP contribution in [0.5, 0.6) is 0 Å². The number of pyridine rings is 1. The first-order valence-electron chi connectivity index (χ1n) is 9.98. The summed E-state index contributed by atoms with van der Waals surface area (Å²) in [6.07, 6.45) is 2.42. The number of aromatic amines is 1. The molecule has 2 amide bonds. The molecule has 1 aromatic carbocycles. The topological polar surface area (TPSA) is 96.1 Å². The average molecular weight is 390 g/mol. The lowest BCUT2D eigenvalue weighted by Crippen LogP contribution is -2.39. The van der Waals surface area contributed by atoms with Crippen LogP contribution in [-0.4, -0.2) is 47.6 Å². The van der Waals surface area contributed by atoms with Crippen molar-refractivity contribution in [1.82, 2.24) is 20.6 Å². The first kappa shape index (κ1) is 17.9. The fourth-order valence-electron chi connectivity index (χ4n) is 4.03. The van der Waals surface area contributed by atoms with Crippen molar-refractivity contribution in [3.05, 3.63) is 53.3 Å². The van der Waals surface area contributed by atoms with Gasteiger partial charge in [0.1, 0.15) is 5.69 Å². The molecule has 2 aliphatic rings. The van der Waals surface area contributed by atoms with Gasteiger partial charge in [-0.2, -0.15) is 0 Å². The summed E-state index contributed by atoms with van der Waals surface area (Å²) in [6.45, 7) is 1.98. The van der Waals surface area contributed by atoms with Crippen molar-refractivity contribution in [2.24, 2.45) is 0 Å². The van der Waals surface area contributed by atoms with E-state index in [1.807, 2.05) is 30.3 Å². The molecule has 2 aromatic heterocycles. The van der Waals surface area contributed by atoms with Gasteiger partial charge in [-0.05, 0) is 25.0 Å². The van der Waals surface area contributed by atoms with Gasteiger partial charge in [-0.25, -0.2) is 4.98 Å². The molecule has 0 atom stereocenters. The molecule has 3 aromatic rings. The molecule has 148 valence electrons. The number of nitrogens with zero attached hydrogens (tertiary/aromatic N) is 1. The van der Waals surface area contributed by atoms with Crippen LogP contribution in [0, 0.1) is 0 Å². The third-order valence-corrected chi connectivity index (χ3v) is 5.60. The van der Waals surface area contributed by atoms with Crippen molar-refractivity contribution < 1.29 is 14.3 Å². The quantitative estimate of drug-likeness (QED) is 0.640. The van der Waals surface area contributed by atoms with E-state index in [9.17, 15) is 9.59 Å². The monoisotopic (exact) mass is 390 g/mol. The number of carbonyl (C=O) groups excluding carboxylic acids is 2. The molecule has 4 heterocycles. The number of aromatic nitrogens is 2. The minimum Gasteiger partial charge on any atom is -0.381 e. The molecule has 0 radical (unpaired) electrons. The van der Waals surface area contributed by atoms with Gasteiger partial charge in [-0.3, -0.25) is 9.59 Å². The molecular formula is C22H22N4O3. The van der Waals surface area contributed by atoms with Gasteiger partial charge >= 0.3 is 0 Å². The average Bonchev–Trinajstić information content (AvgIpc) is 3.19. The van der Waals surface area contributed by atoms with E-state index in [0.29, 0.717) is 31.0 Å². The highest BCUT2D eigenvalue weighted by Gasteiger charge is 2.22. The van der Waals surface area contributed by atoms with Crippen LogP contribution in [0.25, 0.3) is 22.2 Å². The summed E-state index contributed by atoms with van der Waals surface area (Å²) in [4.78, 5) is 32.9. The molecule has 0 aliphatic carbocycles. The SMILES string of the molecule is O=C(NC1CCOCC1)c1ccc2cccc(-c3cc4c([nH]3)CCNC4=O)c2n1. The Hall–Kier alpha value is -3.19. The van der Waals surface area contributed by atoms with Crippen molar-refractivity contribution in [3.8, 4) is 11.3 Å². The largest absolute Gasteiger partial charge is 0.381 e. The summed E-state index contributed by atoms with van der Waals surface area (Å²) in [6, 6.07) is 11.6. The van der Waals surface area contributed by atoms with Crippen LogP contribution in [-0.2, 0) is 11.2 Å². The molecule has 7 heteroatoms. The first-order valence-corrected chi connectivity index (χ1v) is 9.98. The fourth-order valence-corrected chi connectivity index (χ4v) is 4.03. The maximum absolute atomic E-state index is 12.7. The Bertz CT molecular complexity index is 1100. The molecule has 0 unspecified atom stereocenters.